The van der Waals surface area contributed by atoms with Crippen LogP contribution >= 0.6 is 11.3 Å². The van der Waals surface area contributed by atoms with Gasteiger partial charge in [0.2, 0.25) is 0 Å². The molecular weight excluding hydrogens is 570 g/mol. The third kappa shape index (κ3) is 4.47. The van der Waals surface area contributed by atoms with Gasteiger partial charge in [-0.1, -0.05) is 6.07 Å². The molecule has 2 N–H and O–H groups in total. The summed E-state index contributed by atoms with van der Waals surface area (Å²) < 4.78 is 68.9. The molecule has 4 heterocycles. The first-order chi connectivity index (χ1) is 20.3. The minimum atomic E-state index is -1.56. The summed E-state index contributed by atoms with van der Waals surface area (Å²) in [6.45, 7) is 2.60. The lowest BCUT2D eigenvalue weighted by Gasteiger charge is -2.31. The molecule has 216 valence electrons. The zero-order valence-electron chi connectivity index (χ0n) is 22.4. The average molecular weight is 596 g/mol. The summed E-state index contributed by atoms with van der Waals surface area (Å²) in [7, 11) is 0. The van der Waals surface area contributed by atoms with Crippen LogP contribution in [0.3, 0.4) is 0 Å². The van der Waals surface area contributed by atoms with Crippen molar-refractivity contribution in [2.24, 2.45) is 5.41 Å². The summed E-state index contributed by atoms with van der Waals surface area (Å²) in [5, 5.41) is 10.7. The molecule has 0 unspecified atom stereocenters. The van der Waals surface area contributed by atoms with Gasteiger partial charge in [0, 0.05) is 47.6 Å². The number of halogens is 4. The normalized spacial score (nSPS) is 17.9. The molecule has 3 aliphatic rings. The summed E-state index contributed by atoms with van der Waals surface area (Å²) >= 11 is 0.954. The number of thiophene rings is 1. The standard InChI is InChI=1S/C30H25F4N5O2S/c31-21-2-1-16(23-17(9-35)28(36)42-26(21)23)22-20-12-40-11-19(20)18-10-37-29(38-25(18)24(22)32)41-14-30(5-6-30)13-39-7-3-15(4-8-39)27(33)34/h1-2,10H,3-8,11-14,36H2. The predicted octanol–water partition coefficient (Wildman–Crippen LogP) is 6.68. The van der Waals surface area contributed by atoms with E-state index in [0.717, 1.165) is 36.3 Å². The number of benzene rings is 2. The maximum absolute atomic E-state index is 16.5. The van der Waals surface area contributed by atoms with E-state index in [2.05, 4.69) is 14.9 Å². The third-order valence-electron chi connectivity index (χ3n) is 8.63. The number of aromatic nitrogens is 2. The number of nitrogens with two attached hydrogens (primary N) is 1. The van der Waals surface area contributed by atoms with Crippen LogP contribution in [0.5, 0.6) is 6.01 Å². The van der Waals surface area contributed by atoms with Crippen LogP contribution in [0.1, 0.15) is 42.4 Å². The lowest BCUT2D eigenvalue weighted by Crippen LogP contribution is -2.37. The lowest BCUT2D eigenvalue weighted by atomic mass is 9.91. The van der Waals surface area contributed by atoms with Crippen LogP contribution in [0.4, 0.5) is 22.6 Å². The van der Waals surface area contributed by atoms with Gasteiger partial charge in [0.05, 0.1) is 30.1 Å². The molecule has 2 aromatic carbocycles. The van der Waals surface area contributed by atoms with Gasteiger partial charge in [-0.2, -0.15) is 19.0 Å². The summed E-state index contributed by atoms with van der Waals surface area (Å²) in [5.74, 6) is -1.18. The second-order valence-corrected chi connectivity index (χ2v) is 12.3. The van der Waals surface area contributed by atoms with Crippen molar-refractivity contribution in [1.82, 2.24) is 14.9 Å². The Hall–Kier alpha value is -3.79. The van der Waals surface area contributed by atoms with Crippen LogP contribution in [0.15, 0.2) is 30.0 Å². The van der Waals surface area contributed by atoms with Crippen molar-refractivity contribution in [1.29, 1.82) is 5.26 Å². The number of nitriles is 1. The highest BCUT2D eigenvalue weighted by Gasteiger charge is 2.45. The summed E-state index contributed by atoms with van der Waals surface area (Å²) in [4.78, 5) is 11.0. The van der Waals surface area contributed by atoms with Crippen molar-refractivity contribution >= 4 is 37.3 Å². The van der Waals surface area contributed by atoms with Crippen molar-refractivity contribution in [3.8, 4) is 23.2 Å². The number of nitrogens with zero attached hydrogens (tertiary/aromatic N) is 4. The molecule has 1 saturated carbocycles. The van der Waals surface area contributed by atoms with E-state index in [-0.39, 0.29) is 61.9 Å². The van der Waals surface area contributed by atoms with Gasteiger partial charge in [-0.05, 0) is 54.0 Å². The van der Waals surface area contributed by atoms with Gasteiger partial charge in [-0.25, -0.2) is 13.8 Å². The fourth-order valence-corrected chi connectivity index (χ4v) is 7.09. The zero-order chi connectivity index (χ0) is 29.2. The van der Waals surface area contributed by atoms with Crippen molar-refractivity contribution in [3.63, 3.8) is 0 Å². The molecule has 0 amide bonds. The fourth-order valence-electron chi connectivity index (χ4n) is 6.14. The molecule has 0 bridgehead atoms. The topological polar surface area (TPSA) is 97.3 Å². The van der Waals surface area contributed by atoms with E-state index in [1.54, 1.807) is 0 Å². The Bertz CT molecular complexity index is 1830. The van der Waals surface area contributed by atoms with E-state index in [1.807, 2.05) is 6.07 Å². The largest absolute Gasteiger partial charge is 0.463 e. The first-order valence-corrected chi connectivity index (χ1v) is 14.5. The Morgan fingerprint density at radius 2 is 1.93 bits per heavy atom. The molecule has 2 fully saturated rings. The van der Waals surface area contributed by atoms with Gasteiger partial charge in [-0.15, -0.1) is 11.3 Å². The maximum Gasteiger partial charge on any atom is 0.317 e. The van der Waals surface area contributed by atoms with E-state index in [4.69, 9.17) is 15.2 Å². The predicted molar refractivity (Wildman–Crippen MR) is 150 cm³/mol. The summed E-state index contributed by atoms with van der Waals surface area (Å²) in [6, 6.07) is 4.78. The number of ether oxygens (including phenoxy) is 2. The van der Waals surface area contributed by atoms with Crippen LogP contribution < -0.4 is 10.5 Å². The number of anilines is 1. The first kappa shape index (κ1) is 27.1. The molecule has 0 atom stereocenters. The quantitative estimate of drug-likeness (QED) is 0.249. The van der Waals surface area contributed by atoms with E-state index >= 15 is 4.39 Å². The van der Waals surface area contributed by atoms with Gasteiger partial charge in [0.1, 0.15) is 22.4 Å². The SMILES string of the molecule is N#Cc1c(N)sc2c(F)ccc(-c3c4c(c5cnc(OCC6(CN7CCC(=C(F)F)CC7)CC6)nc5c3F)COC4)c12. The minimum Gasteiger partial charge on any atom is -0.463 e. The molecule has 1 aliphatic carbocycles. The summed E-state index contributed by atoms with van der Waals surface area (Å²) in [6.07, 6.45) is 2.59. The molecule has 2 aliphatic heterocycles. The molecule has 0 radical (unpaired) electrons. The molecule has 7 rings (SSSR count). The number of piperidine rings is 1. The highest BCUT2D eigenvalue weighted by atomic mass is 32.1. The number of nitrogen functional groups attached to an aromatic ring is 1. The summed E-state index contributed by atoms with van der Waals surface area (Å²) in [5.41, 5.74) is 8.18. The Kier molecular flexibility index (Phi) is 6.56. The Labute approximate surface area is 242 Å². The second kappa shape index (κ2) is 10.2. The number of hydrogen-bond acceptors (Lipinski definition) is 8. The van der Waals surface area contributed by atoms with E-state index in [0.29, 0.717) is 49.1 Å². The monoisotopic (exact) mass is 595 g/mol. The Morgan fingerprint density at radius 1 is 1.17 bits per heavy atom. The van der Waals surface area contributed by atoms with Gasteiger partial charge in [0.25, 0.3) is 6.08 Å². The van der Waals surface area contributed by atoms with Crippen LogP contribution in [-0.4, -0.2) is 41.1 Å². The van der Waals surface area contributed by atoms with Crippen LogP contribution in [-0.2, 0) is 18.0 Å². The number of fused-ring (bicyclic) bond motifs is 4. The molecule has 42 heavy (non-hydrogen) atoms. The fraction of sp³-hybridized carbons (Fsp3) is 0.367. The van der Waals surface area contributed by atoms with Gasteiger partial charge >= 0.3 is 6.01 Å². The van der Waals surface area contributed by atoms with Crippen LogP contribution in [0.25, 0.3) is 32.1 Å². The Morgan fingerprint density at radius 3 is 2.64 bits per heavy atom. The molecular formula is C30H25F4N5O2S. The molecule has 1 saturated heterocycles. The average Bonchev–Trinajstić information content (AvgIpc) is 3.40. The van der Waals surface area contributed by atoms with Gasteiger partial charge < -0.3 is 20.1 Å². The van der Waals surface area contributed by atoms with Gasteiger partial charge in [0.15, 0.2) is 5.82 Å². The van der Waals surface area contributed by atoms with E-state index < -0.39 is 17.7 Å². The van der Waals surface area contributed by atoms with E-state index in [9.17, 15) is 18.4 Å². The van der Waals surface area contributed by atoms with Crippen LogP contribution in [0.2, 0.25) is 0 Å². The van der Waals surface area contributed by atoms with Crippen molar-refractivity contribution in [3.05, 3.63) is 58.3 Å². The highest BCUT2D eigenvalue weighted by Crippen LogP contribution is 2.48. The molecule has 12 heteroatoms. The second-order valence-electron chi connectivity index (χ2n) is 11.2. The number of likely N-dealkylation sites (tertiary alicyclic amines) is 1. The minimum absolute atomic E-state index is 0.0302. The van der Waals surface area contributed by atoms with Crippen LogP contribution in [0, 0.1) is 28.4 Å². The molecule has 0 spiro atoms. The number of rotatable bonds is 6. The first-order valence-electron chi connectivity index (χ1n) is 13.7. The maximum atomic E-state index is 16.5. The third-order valence-corrected chi connectivity index (χ3v) is 9.65. The van der Waals surface area contributed by atoms with Crippen molar-refractivity contribution < 1.29 is 27.0 Å². The lowest BCUT2D eigenvalue weighted by molar-refractivity contribution is 0.135. The highest BCUT2D eigenvalue weighted by molar-refractivity contribution is 7.23. The smallest absolute Gasteiger partial charge is 0.317 e. The van der Waals surface area contributed by atoms with Crippen molar-refractivity contribution in [2.75, 3.05) is 32.0 Å². The Balaban J connectivity index is 1.22. The molecule has 7 nitrogen and oxygen atoms in total. The van der Waals surface area contributed by atoms with Gasteiger partial charge in [-0.3, -0.25) is 0 Å². The number of hydrogen-bond donors (Lipinski definition) is 1. The van der Waals surface area contributed by atoms with E-state index in [1.165, 1.54) is 18.3 Å². The molecule has 2 aromatic heterocycles. The molecule has 4 aromatic rings. The van der Waals surface area contributed by atoms with Crippen molar-refractivity contribution in [2.45, 2.75) is 38.9 Å². The zero-order valence-corrected chi connectivity index (χ0v) is 23.2.